The van der Waals surface area contributed by atoms with Crippen molar-refractivity contribution in [1.29, 1.82) is 0 Å². The highest BCUT2D eigenvalue weighted by molar-refractivity contribution is 5.12. The minimum atomic E-state index is 1.12. The lowest BCUT2D eigenvalue weighted by Crippen LogP contribution is -1.66. The fraction of sp³-hybridized carbons (Fsp3) is 0.286. The van der Waals surface area contributed by atoms with E-state index in [9.17, 15) is 0 Å². The van der Waals surface area contributed by atoms with Gasteiger partial charge in [-0.15, -0.1) is 0 Å². The van der Waals surface area contributed by atoms with Crippen LogP contribution in [0.5, 0.6) is 0 Å². The van der Waals surface area contributed by atoms with Crippen LogP contribution < -0.4 is 0 Å². The molecule has 0 saturated heterocycles. The summed E-state index contributed by atoms with van der Waals surface area (Å²) in [5.74, 6) is 0. The fourth-order valence-corrected chi connectivity index (χ4v) is 1.21. The number of hydrogen-bond donors (Lipinski definition) is 0. The third-order valence-electron chi connectivity index (χ3n) is 1.99. The topological polar surface area (TPSA) is 0 Å². The van der Waals surface area contributed by atoms with Crippen LogP contribution in [0.25, 0.3) is 0 Å². The molecule has 0 aromatic heterocycles. The van der Waals surface area contributed by atoms with Crippen molar-refractivity contribution < 1.29 is 0 Å². The van der Waals surface area contributed by atoms with Gasteiger partial charge in [0.15, 0.2) is 0 Å². The van der Waals surface area contributed by atoms with E-state index in [2.05, 4.69) is 60.8 Å². The van der Waals surface area contributed by atoms with E-state index in [0.29, 0.717) is 0 Å². The van der Waals surface area contributed by atoms with Crippen molar-refractivity contribution in [1.82, 2.24) is 0 Å². The molecule has 0 aromatic rings. The van der Waals surface area contributed by atoms with E-state index in [-0.39, 0.29) is 0 Å². The molecular formula is C14H18. The number of rotatable bonds is 0. The summed E-state index contributed by atoms with van der Waals surface area (Å²) in [4.78, 5) is 0. The molecule has 0 unspecified atom stereocenters. The van der Waals surface area contributed by atoms with Gasteiger partial charge < -0.3 is 0 Å². The van der Waals surface area contributed by atoms with E-state index < -0.39 is 0 Å². The first-order valence-electron chi connectivity index (χ1n) is 5.30. The van der Waals surface area contributed by atoms with Gasteiger partial charge in [-0.25, -0.2) is 0 Å². The van der Waals surface area contributed by atoms with Crippen molar-refractivity contribution in [3.05, 3.63) is 60.8 Å². The Balaban J connectivity index is 2.45. The maximum Gasteiger partial charge on any atom is -0.0313 e. The molecule has 1 aliphatic rings. The molecule has 0 saturated carbocycles. The van der Waals surface area contributed by atoms with E-state index in [1.54, 1.807) is 0 Å². The largest absolute Gasteiger partial charge is 0.0842 e. The summed E-state index contributed by atoms with van der Waals surface area (Å²) in [5, 5.41) is 0. The Labute approximate surface area is 87.0 Å². The third-order valence-corrected chi connectivity index (χ3v) is 1.99. The maximum atomic E-state index is 2.21. The Hall–Kier alpha value is -1.30. The predicted octanol–water partition coefficient (Wildman–Crippen LogP) is 4.34. The Morgan fingerprint density at radius 2 is 0.643 bits per heavy atom. The second-order valence-electron chi connectivity index (χ2n) is 3.25. The molecular weight excluding hydrogens is 168 g/mol. The zero-order valence-corrected chi connectivity index (χ0v) is 8.60. The summed E-state index contributed by atoms with van der Waals surface area (Å²) in [6.45, 7) is 0. The molecule has 0 amide bonds. The van der Waals surface area contributed by atoms with E-state index in [1.165, 1.54) is 0 Å². The quantitative estimate of drug-likeness (QED) is 0.528. The second kappa shape index (κ2) is 8.31. The van der Waals surface area contributed by atoms with Gasteiger partial charge in [0.1, 0.15) is 0 Å². The van der Waals surface area contributed by atoms with Gasteiger partial charge in [-0.2, -0.15) is 0 Å². The first-order valence-corrected chi connectivity index (χ1v) is 5.30. The molecule has 0 heteroatoms. The van der Waals surface area contributed by atoms with Crippen molar-refractivity contribution in [2.75, 3.05) is 0 Å². The molecule has 0 aromatic carbocycles. The lowest BCUT2D eigenvalue weighted by molar-refractivity contribution is 1.04. The highest BCUT2D eigenvalue weighted by Gasteiger charge is 1.77. The van der Waals surface area contributed by atoms with Crippen LogP contribution in [0.2, 0.25) is 0 Å². The van der Waals surface area contributed by atoms with Gasteiger partial charge >= 0.3 is 0 Å². The fourth-order valence-electron chi connectivity index (χ4n) is 1.21. The van der Waals surface area contributed by atoms with Crippen LogP contribution in [0.3, 0.4) is 0 Å². The number of hydrogen-bond acceptors (Lipinski definition) is 0. The SMILES string of the molecule is C1=C\CC/C=C\C=C\CC/C=C/C=C/1. The molecule has 0 atom stereocenters. The third kappa shape index (κ3) is 6.24. The smallest absolute Gasteiger partial charge is 0.0313 e. The van der Waals surface area contributed by atoms with Crippen LogP contribution in [0.1, 0.15) is 25.7 Å². The molecule has 0 aliphatic heterocycles. The summed E-state index contributed by atoms with van der Waals surface area (Å²) < 4.78 is 0. The lowest BCUT2D eigenvalue weighted by Gasteiger charge is -1.87. The van der Waals surface area contributed by atoms with Gasteiger partial charge in [0, 0.05) is 0 Å². The molecule has 1 aliphatic carbocycles. The molecule has 1 rings (SSSR count). The normalized spacial score (nSPS) is 29.7. The van der Waals surface area contributed by atoms with Crippen molar-refractivity contribution in [2.24, 2.45) is 0 Å². The van der Waals surface area contributed by atoms with E-state index >= 15 is 0 Å². The monoisotopic (exact) mass is 186 g/mol. The first kappa shape index (κ1) is 10.8. The highest BCUT2D eigenvalue weighted by Crippen LogP contribution is 1.97. The Morgan fingerprint density at radius 1 is 0.357 bits per heavy atom. The Bertz CT molecular complexity index is 234. The summed E-state index contributed by atoms with van der Waals surface area (Å²) >= 11 is 0. The lowest BCUT2D eigenvalue weighted by atomic mass is 10.2. The summed E-state index contributed by atoms with van der Waals surface area (Å²) in [6, 6.07) is 0. The van der Waals surface area contributed by atoms with Crippen LogP contribution in [-0.2, 0) is 0 Å². The minimum absolute atomic E-state index is 1.12. The second-order valence-corrected chi connectivity index (χ2v) is 3.25. The predicted molar refractivity (Wildman–Crippen MR) is 64.2 cm³/mol. The summed E-state index contributed by atoms with van der Waals surface area (Å²) in [7, 11) is 0. The minimum Gasteiger partial charge on any atom is -0.0842 e. The molecule has 0 nitrogen and oxygen atoms in total. The van der Waals surface area contributed by atoms with E-state index in [4.69, 9.17) is 0 Å². The number of allylic oxidation sites excluding steroid dienone is 10. The van der Waals surface area contributed by atoms with Gasteiger partial charge in [-0.05, 0) is 25.7 Å². The molecule has 0 heterocycles. The molecule has 0 spiro atoms. The maximum absolute atomic E-state index is 2.21. The van der Waals surface area contributed by atoms with Crippen LogP contribution in [0.15, 0.2) is 60.8 Å². The average Bonchev–Trinajstić information content (AvgIpc) is 2.22. The van der Waals surface area contributed by atoms with Crippen molar-refractivity contribution in [2.45, 2.75) is 25.7 Å². The van der Waals surface area contributed by atoms with Gasteiger partial charge in [0.2, 0.25) is 0 Å². The molecule has 0 bridgehead atoms. The van der Waals surface area contributed by atoms with Gasteiger partial charge in [0.05, 0.1) is 0 Å². The van der Waals surface area contributed by atoms with Crippen LogP contribution in [0.4, 0.5) is 0 Å². The van der Waals surface area contributed by atoms with E-state index in [0.717, 1.165) is 25.7 Å². The molecule has 0 fully saturated rings. The molecule has 14 heavy (non-hydrogen) atoms. The summed E-state index contributed by atoms with van der Waals surface area (Å²) in [6.07, 6.45) is 26.0. The first-order chi connectivity index (χ1) is 7.00. The molecule has 0 N–H and O–H groups in total. The van der Waals surface area contributed by atoms with Crippen LogP contribution in [0, 0.1) is 0 Å². The van der Waals surface area contributed by atoms with Gasteiger partial charge in [0.25, 0.3) is 0 Å². The van der Waals surface area contributed by atoms with Crippen molar-refractivity contribution in [3.8, 4) is 0 Å². The molecule has 74 valence electrons. The Kier molecular flexibility index (Phi) is 6.39. The van der Waals surface area contributed by atoms with Crippen molar-refractivity contribution in [3.63, 3.8) is 0 Å². The zero-order valence-electron chi connectivity index (χ0n) is 8.60. The highest BCUT2D eigenvalue weighted by atomic mass is 13.8. The van der Waals surface area contributed by atoms with Crippen LogP contribution in [-0.4, -0.2) is 0 Å². The zero-order chi connectivity index (χ0) is 9.90. The summed E-state index contributed by atoms with van der Waals surface area (Å²) in [5.41, 5.74) is 0. The van der Waals surface area contributed by atoms with Crippen LogP contribution >= 0.6 is 0 Å². The van der Waals surface area contributed by atoms with Crippen molar-refractivity contribution >= 4 is 0 Å². The van der Waals surface area contributed by atoms with Gasteiger partial charge in [-0.1, -0.05) is 60.8 Å². The molecule has 0 radical (unpaired) electrons. The Morgan fingerprint density at radius 3 is 1.00 bits per heavy atom. The average molecular weight is 186 g/mol. The van der Waals surface area contributed by atoms with Gasteiger partial charge in [-0.3, -0.25) is 0 Å². The van der Waals surface area contributed by atoms with E-state index in [1.807, 2.05) is 0 Å². The standard InChI is InChI=1S/C14H18/c1-2-4-6-8-10-12-14-13-11-9-7-5-3-1/h1-6,11-14H,7-10H2/b2-1+,5-3-,6-4+,13-11-,14-12+.